The molecule has 0 aromatic heterocycles. The van der Waals surface area contributed by atoms with E-state index >= 15 is 0 Å². The van der Waals surface area contributed by atoms with Crippen LogP contribution >= 0.6 is 27.5 Å². The van der Waals surface area contributed by atoms with E-state index in [4.69, 9.17) is 11.6 Å². The summed E-state index contributed by atoms with van der Waals surface area (Å²) in [5, 5.41) is 6.11. The second-order valence-corrected chi connectivity index (χ2v) is 5.67. The highest BCUT2D eigenvalue weighted by Gasteiger charge is 2.10. The number of amides is 2. The molecule has 2 amide bonds. The molecule has 0 fully saturated rings. The molecule has 104 valence electrons. The van der Waals surface area contributed by atoms with Crippen LogP contribution < -0.4 is 10.6 Å². The van der Waals surface area contributed by atoms with Gasteiger partial charge >= 0.3 is 6.03 Å². The SMILES string of the molecule is CC(NC(=O)Nc1ccccc1Cl)c1ccc(Br)cc1. The fourth-order valence-corrected chi connectivity index (χ4v) is 2.20. The normalized spacial score (nSPS) is 11.8. The summed E-state index contributed by atoms with van der Waals surface area (Å²) in [5.41, 5.74) is 1.62. The van der Waals surface area contributed by atoms with E-state index in [1.807, 2.05) is 43.3 Å². The first-order valence-electron chi connectivity index (χ1n) is 6.14. The minimum atomic E-state index is -0.284. The number of carbonyl (C=O) groups is 1. The van der Waals surface area contributed by atoms with E-state index in [0.717, 1.165) is 10.0 Å². The molecule has 5 heteroatoms. The van der Waals surface area contributed by atoms with Crippen LogP contribution in [0.2, 0.25) is 5.02 Å². The lowest BCUT2D eigenvalue weighted by molar-refractivity contribution is 0.249. The number of carbonyl (C=O) groups excluding carboxylic acids is 1. The molecule has 0 radical (unpaired) electrons. The van der Waals surface area contributed by atoms with Crippen LogP contribution in [0.25, 0.3) is 0 Å². The van der Waals surface area contributed by atoms with Gasteiger partial charge in [-0.05, 0) is 36.8 Å². The molecule has 0 saturated heterocycles. The molecule has 1 unspecified atom stereocenters. The van der Waals surface area contributed by atoms with Gasteiger partial charge in [0.25, 0.3) is 0 Å². The number of benzene rings is 2. The van der Waals surface area contributed by atoms with E-state index < -0.39 is 0 Å². The van der Waals surface area contributed by atoms with Crippen LogP contribution in [0.5, 0.6) is 0 Å². The van der Waals surface area contributed by atoms with Crippen molar-refractivity contribution in [2.45, 2.75) is 13.0 Å². The number of halogens is 2. The highest BCUT2D eigenvalue weighted by Crippen LogP contribution is 2.21. The molecule has 0 aliphatic heterocycles. The Morgan fingerprint density at radius 3 is 2.45 bits per heavy atom. The van der Waals surface area contributed by atoms with Gasteiger partial charge in [-0.3, -0.25) is 0 Å². The molecule has 2 rings (SSSR count). The fourth-order valence-electron chi connectivity index (χ4n) is 1.75. The third-order valence-corrected chi connectivity index (χ3v) is 3.70. The predicted molar refractivity (Wildman–Crippen MR) is 86.2 cm³/mol. The van der Waals surface area contributed by atoms with Crippen LogP contribution in [0.15, 0.2) is 53.0 Å². The van der Waals surface area contributed by atoms with Crippen molar-refractivity contribution in [1.82, 2.24) is 5.32 Å². The second kappa shape index (κ2) is 6.77. The third kappa shape index (κ3) is 3.99. The van der Waals surface area contributed by atoms with Crippen molar-refractivity contribution in [2.24, 2.45) is 0 Å². The van der Waals surface area contributed by atoms with Gasteiger partial charge in [0.2, 0.25) is 0 Å². The molecule has 0 saturated carbocycles. The molecule has 2 aromatic carbocycles. The van der Waals surface area contributed by atoms with Crippen molar-refractivity contribution in [2.75, 3.05) is 5.32 Å². The van der Waals surface area contributed by atoms with E-state index in [1.54, 1.807) is 12.1 Å². The molecule has 3 nitrogen and oxygen atoms in total. The van der Waals surface area contributed by atoms with Crippen molar-refractivity contribution in [3.8, 4) is 0 Å². The summed E-state index contributed by atoms with van der Waals surface area (Å²) < 4.78 is 1.01. The second-order valence-electron chi connectivity index (χ2n) is 4.35. The third-order valence-electron chi connectivity index (χ3n) is 2.84. The first-order valence-corrected chi connectivity index (χ1v) is 7.31. The summed E-state index contributed by atoms with van der Waals surface area (Å²) in [4.78, 5) is 11.9. The van der Waals surface area contributed by atoms with Crippen molar-refractivity contribution in [3.05, 3.63) is 63.6 Å². The lowest BCUT2D eigenvalue weighted by atomic mass is 10.1. The molecular weight excluding hydrogens is 340 g/mol. The number of anilines is 1. The number of hydrogen-bond acceptors (Lipinski definition) is 1. The van der Waals surface area contributed by atoms with E-state index in [0.29, 0.717) is 10.7 Å². The first-order chi connectivity index (χ1) is 9.56. The maximum atomic E-state index is 11.9. The average Bonchev–Trinajstić information content (AvgIpc) is 2.42. The van der Waals surface area contributed by atoms with Crippen molar-refractivity contribution in [1.29, 1.82) is 0 Å². The Hall–Kier alpha value is -1.52. The van der Waals surface area contributed by atoms with Crippen LogP contribution in [-0.2, 0) is 0 Å². The van der Waals surface area contributed by atoms with Crippen LogP contribution in [0.3, 0.4) is 0 Å². The van der Waals surface area contributed by atoms with Gasteiger partial charge in [-0.2, -0.15) is 0 Å². The number of para-hydroxylation sites is 1. The van der Waals surface area contributed by atoms with Crippen LogP contribution in [0, 0.1) is 0 Å². The molecule has 0 aliphatic rings. The molecule has 0 spiro atoms. The Morgan fingerprint density at radius 1 is 1.15 bits per heavy atom. The quantitative estimate of drug-likeness (QED) is 0.802. The zero-order valence-electron chi connectivity index (χ0n) is 10.9. The van der Waals surface area contributed by atoms with Gasteiger partial charge in [-0.25, -0.2) is 4.79 Å². The summed E-state index contributed by atoms with van der Waals surface area (Å²) in [6, 6.07) is 14.6. The van der Waals surface area contributed by atoms with Gasteiger partial charge in [0.05, 0.1) is 16.8 Å². The highest BCUT2D eigenvalue weighted by atomic mass is 79.9. The Morgan fingerprint density at radius 2 is 1.80 bits per heavy atom. The standard InChI is InChI=1S/C15H14BrClN2O/c1-10(11-6-8-12(16)9-7-11)18-15(20)19-14-5-3-2-4-13(14)17/h2-10H,1H3,(H2,18,19,20). The molecule has 2 aromatic rings. The van der Waals surface area contributed by atoms with Crippen LogP contribution in [0.1, 0.15) is 18.5 Å². The topological polar surface area (TPSA) is 41.1 Å². The van der Waals surface area contributed by atoms with Crippen LogP contribution in [-0.4, -0.2) is 6.03 Å². The summed E-state index contributed by atoms with van der Waals surface area (Å²) in [6.45, 7) is 1.93. The summed E-state index contributed by atoms with van der Waals surface area (Å²) in [6.07, 6.45) is 0. The van der Waals surface area contributed by atoms with Gasteiger partial charge in [0.1, 0.15) is 0 Å². The van der Waals surface area contributed by atoms with Crippen LogP contribution in [0.4, 0.5) is 10.5 Å². The smallest absolute Gasteiger partial charge is 0.319 e. The van der Waals surface area contributed by atoms with E-state index in [2.05, 4.69) is 26.6 Å². The molecule has 0 heterocycles. The number of hydrogen-bond donors (Lipinski definition) is 2. The summed E-state index contributed by atoms with van der Waals surface area (Å²) >= 11 is 9.37. The van der Waals surface area contributed by atoms with Crippen molar-refractivity contribution < 1.29 is 4.79 Å². The minimum absolute atomic E-state index is 0.0920. The van der Waals surface area contributed by atoms with E-state index in [9.17, 15) is 4.79 Å². The van der Waals surface area contributed by atoms with Crippen molar-refractivity contribution in [3.63, 3.8) is 0 Å². The molecule has 2 N–H and O–H groups in total. The zero-order chi connectivity index (χ0) is 14.5. The maximum Gasteiger partial charge on any atom is 0.319 e. The fraction of sp³-hybridized carbons (Fsp3) is 0.133. The minimum Gasteiger partial charge on any atom is -0.331 e. The lowest BCUT2D eigenvalue weighted by Crippen LogP contribution is -2.31. The number of rotatable bonds is 3. The van der Waals surface area contributed by atoms with Gasteiger partial charge < -0.3 is 10.6 Å². The maximum absolute atomic E-state index is 11.9. The van der Waals surface area contributed by atoms with Gasteiger partial charge in [-0.1, -0.05) is 51.8 Å². The molecule has 20 heavy (non-hydrogen) atoms. The Balaban J connectivity index is 1.98. The average molecular weight is 354 g/mol. The number of nitrogens with one attached hydrogen (secondary N) is 2. The van der Waals surface area contributed by atoms with Gasteiger partial charge in [0.15, 0.2) is 0 Å². The molecular formula is C15H14BrClN2O. The summed E-state index contributed by atoms with van der Waals surface area (Å²) in [5.74, 6) is 0. The van der Waals surface area contributed by atoms with E-state index in [1.165, 1.54) is 0 Å². The molecule has 0 bridgehead atoms. The monoisotopic (exact) mass is 352 g/mol. The lowest BCUT2D eigenvalue weighted by Gasteiger charge is -2.15. The Labute approximate surface area is 131 Å². The largest absolute Gasteiger partial charge is 0.331 e. The molecule has 1 atom stereocenters. The predicted octanol–water partition coefficient (Wildman–Crippen LogP) is 4.99. The van der Waals surface area contributed by atoms with Gasteiger partial charge in [-0.15, -0.1) is 0 Å². The molecule has 0 aliphatic carbocycles. The highest BCUT2D eigenvalue weighted by molar-refractivity contribution is 9.10. The van der Waals surface area contributed by atoms with Crippen molar-refractivity contribution >= 4 is 39.2 Å². The van der Waals surface area contributed by atoms with Gasteiger partial charge in [0, 0.05) is 4.47 Å². The Kier molecular flexibility index (Phi) is 5.04. The number of urea groups is 1. The Bertz CT molecular complexity index is 601. The zero-order valence-corrected chi connectivity index (χ0v) is 13.2. The first kappa shape index (κ1) is 14.9. The summed E-state index contributed by atoms with van der Waals surface area (Å²) in [7, 11) is 0. The van der Waals surface area contributed by atoms with E-state index in [-0.39, 0.29) is 12.1 Å².